The number of unbranched alkanes of at least 4 members (excludes halogenated alkanes) is 2. The van der Waals surface area contributed by atoms with Crippen molar-refractivity contribution in [3.8, 4) is 5.75 Å². The zero-order valence-electron chi connectivity index (χ0n) is 17.7. The van der Waals surface area contributed by atoms with Crippen LogP contribution in [0.1, 0.15) is 43.7 Å². The quantitative estimate of drug-likeness (QED) is 0.408. The van der Waals surface area contributed by atoms with E-state index in [0.717, 1.165) is 31.2 Å². The van der Waals surface area contributed by atoms with E-state index in [-0.39, 0.29) is 24.6 Å². The maximum absolute atomic E-state index is 12.0. The standard InChI is InChI=1S/C22H30N2O5S.ClH/c1-2-3-16-30(27,28)24-21(22(25)26)17-19-7-9-20(10-8-19)29-15-5-4-6-18-11-13-23-14-12-18;/h7-14,21,24H,2-6,15-17H2,1H3,(H,25,26);1H/t21-;/m0./s1. The highest BCUT2D eigenvalue weighted by atomic mass is 35.5. The van der Waals surface area contributed by atoms with Gasteiger partial charge in [-0.3, -0.25) is 9.78 Å². The summed E-state index contributed by atoms with van der Waals surface area (Å²) in [6.07, 6.45) is 7.80. The summed E-state index contributed by atoms with van der Waals surface area (Å²) in [6.45, 7) is 2.48. The average molecular weight is 471 g/mol. The van der Waals surface area contributed by atoms with E-state index in [9.17, 15) is 18.3 Å². The molecule has 172 valence electrons. The molecule has 0 saturated heterocycles. The van der Waals surface area contributed by atoms with Crippen LogP contribution in [0.25, 0.3) is 0 Å². The fraction of sp³-hybridized carbons (Fsp3) is 0.455. The molecule has 0 spiro atoms. The van der Waals surface area contributed by atoms with Crippen LogP contribution in [0.15, 0.2) is 48.8 Å². The van der Waals surface area contributed by atoms with Crippen LogP contribution in [0.5, 0.6) is 5.75 Å². The number of halogens is 1. The van der Waals surface area contributed by atoms with Gasteiger partial charge in [-0.25, -0.2) is 13.1 Å². The molecule has 0 aliphatic rings. The van der Waals surface area contributed by atoms with E-state index in [4.69, 9.17) is 4.74 Å². The second-order valence-electron chi connectivity index (χ2n) is 7.19. The Morgan fingerprint density at radius 1 is 1.06 bits per heavy atom. The van der Waals surface area contributed by atoms with Crippen molar-refractivity contribution in [3.05, 3.63) is 59.9 Å². The minimum absolute atomic E-state index is 0. The number of benzene rings is 1. The monoisotopic (exact) mass is 470 g/mol. The fourth-order valence-corrected chi connectivity index (χ4v) is 4.32. The summed E-state index contributed by atoms with van der Waals surface area (Å²) in [5, 5.41) is 9.37. The van der Waals surface area contributed by atoms with Gasteiger partial charge in [0.1, 0.15) is 11.8 Å². The normalized spacial score (nSPS) is 12.0. The van der Waals surface area contributed by atoms with Crippen LogP contribution in [0.2, 0.25) is 0 Å². The summed E-state index contributed by atoms with van der Waals surface area (Å²) in [4.78, 5) is 15.5. The predicted molar refractivity (Wildman–Crippen MR) is 123 cm³/mol. The van der Waals surface area contributed by atoms with Crippen molar-refractivity contribution in [2.45, 2.75) is 51.5 Å². The molecule has 9 heteroatoms. The molecule has 0 fully saturated rings. The fourth-order valence-electron chi connectivity index (χ4n) is 2.92. The average Bonchev–Trinajstić information content (AvgIpc) is 2.73. The molecular weight excluding hydrogens is 440 g/mol. The van der Waals surface area contributed by atoms with Crippen LogP contribution < -0.4 is 9.46 Å². The van der Waals surface area contributed by atoms with Gasteiger partial charge in [-0.15, -0.1) is 12.4 Å². The van der Waals surface area contributed by atoms with E-state index < -0.39 is 22.0 Å². The Morgan fingerprint density at radius 3 is 2.35 bits per heavy atom. The predicted octanol–water partition coefficient (Wildman–Crippen LogP) is 3.62. The van der Waals surface area contributed by atoms with Gasteiger partial charge in [0.2, 0.25) is 10.0 Å². The van der Waals surface area contributed by atoms with Crippen molar-refractivity contribution in [2.75, 3.05) is 12.4 Å². The first kappa shape index (κ1) is 26.9. The Morgan fingerprint density at radius 2 is 1.74 bits per heavy atom. The van der Waals surface area contributed by atoms with Gasteiger partial charge in [-0.2, -0.15) is 0 Å². The van der Waals surface area contributed by atoms with Crippen molar-refractivity contribution >= 4 is 28.4 Å². The number of carbonyl (C=O) groups is 1. The number of nitrogens with one attached hydrogen (secondary N) is 1. The molecular formula is C22H31ClN2O5S. The minimum Gasteiger partial charge on any atom is -0.494 e. The van der Waals surface area contributed by atoms with E-state index >= 15 is 0 Å². The molecule has 0 amide bonds. The molecule has 0 radical (unpaired) electrons. The van der Waals surface area contributed by atoms with Gasteiger partial charge in [0, 0.05) is 12.4 Å². The largest absolute Gasteiger partial charge is 0.494 e. The Kier molecular flexibility index (Phi) is 12.1. The first-order valence-electron chi connectivity index (χ1n) is 10.2. The number of carboxylic acids is 1. The van der Waals surface area contributed by atoms with Crippen molar-refractivity contribution in [2.24, 2.45) is 0 Å². The molecule has 2 aromatic rings. The zero-order chi connectivity index (χ0) is 21.8. The van der Waals surface area contributed by atoms with Crippen molar-refractivity contribution in [1.82, 2.24) is 9.71 Å². The highest BCUT2D eigenvalue weighted by Gasteiger charge is 2.24. The van der Waals surface area contributed by atoms with E-state index in [2.05, 4.69) is 9.71 Å². The van der Waals surface area contributed by atoms with Crippen molar-refractivity contribution in [1.29, 1.82) is 0 Å². The number of aromatic nitrogens is 1. The van der Waals surface area contributed by atoms with Crippen LogP contribution in [-0.2, 0) is 27.7 Å². The summed E-state index contributed by atoms with van der Waals surface area (Å²) in [7, 11) is -3.61. The number of carboxylic acid groups (broad SMARTS) is 1. The number of ether oxygens (including phenoxy) is 1. The molecule has 1 atom stereocenters. The number of nitrogens with zero attached hydrogens (tertiary/aromatic N) is 1. The lowest BCUT2D eigenvalue weighted by atomic mass is 10.1. The van der Waals surface area contributed by atoms with E-state index in [1.807, 2.05) is 19.1 Å². The van der Waals surface area contributed by atoms with Gasteiger partial charge < -0.3 is 9.84 Å². The molecule has 0 saturated carbocycles. The molecule has 7 nitrogen and oxygen atoms in total. The van der Waals surface area contributed by atoms with Crippen LogP contribution in [0, 0.1) is 0 Å². The van der Waals surface area contributed by atoms with E-state index in [1.54, 1.807) is 36.7 Å². The number of sulfonamides is 1. The van der Waals surface area contributed by atoms with E-state index in [1.165, 1.54) is 5.56 Å². The minimum atomic E-state index is -3.61. The van der Waals surface area contributed by atoms with Gasteiger partial charge in [-0.05, 0) is 67.5 Å². The Labute approximate surface area is 190 Å². The van der Waals surface area contributed by atoms with Gasteiger partial charge in [0.25, 0.3) is 0 Å². The molecule has 1 aromatic carbocycles. The lowest BCUT2D eigenvalue weighted by Crippen LogP contribution is -2.43. The van der Waals surface area contributed by atoms with E-state index in [0.29, 0.717) is 18.8 Å². The number of hydrogen-bond acceptors (Lipinski definition) is 5. The molecule has 0 aliphatic carbocycles. The molecule has 2 rings (SSSR count). The molecule has 1 heterocycles. The van der Waals surface area contributed by atoms with Crippen molar-refractivity contribution < 1.29 is 23.1 Å². The summed E-state index contributed by atoms with van der Waals surface area (Å²) < 4.78 is 32.1. The molecule has 31 heavy (non-hydrogen) atoms. The summed E-state index contributed by atoms with van der Waals surface area (Å²) in [5.74, 6) is -0.552. The zero-order valence-corrected chi connectivity index (χ0v) is 19.3. The second-order valence-corrected chi connectivity index (χ2v) is 9.06. The van der Waals surface area contributed by atoms with Gasteiger partial charge in [-0.1, -0.05) is 25.5 Å². The van der Waals surface area contributed by atoms with Crippen molar-refractivity contribution in [3.63, 3.8) is 0 Å². The summed E-state index contributed by atoms with van der Waals surface area (Å²) >= 11 is 0. The number of hydrogen-bond donors (Lipinski definition) is 2. The third kappa shape index (κ3) is 10.6. The number of aliphatic carboxylic acids is 1. The first-order valence-corrected chi connectivity index (χ1v) is 11.9. The highest BCUT2D eigenvalue weighted by molar-refractivity contribution is 7.89. The Hall–Kier alpha value is -2.16. The van der Waals surface area contributed by atoms with Gasteiger partial charge in [0.15, 0.2) is 0 Å². The number of rotatable bonds is 14. The Bertz CT molecular complexity index is 877. The molecule has 0 aliphatic heterocycles. The lowest BCUT2D eigenvalue weighted by Gasteiger charge is -2.15. The van der Waals surface area contributed by atoms with Gasteiger partial charge in [0.05, 0.1) is 12.4 Å². The molecule has 0 unspecified atom stereocenters. The number of aryl methyl sites for hydroxylation is 1. The Balaban J connectivity index is 0.00000480. The lowest BCUT2D eigenvalue weighted by molar-refractivity contribution is -0.138. The maximum Gasteiger partial charge on any atom is 0.322 e. The van der Waals surface area contributed by atoms with Crippen LogP contribution >= 0.6 is 12.4 Å². The summed E-state index contributed by atoms with van der Waals surface area (Å²) in [5.41, 5.74) is 1.98. The number of pyridine rings is 1. The second kappa shape index (κ2) is 14.0. The topological polar surface area (TPSA) is 106 Å². The van der Waals surface area contributed by atoms with Crippen LogP contribution in [-0.4, -0.2) is 42.9 Å². The molecule has 0 bridgehead atoms. The van der Waals surface area contributed by atoms with Gasteiger partial charge >= 0.3 is 5.97 Å². The first-order chi connectivity index (χ1) is 14.4. The molecule has 1 aromatic heterocycles. The SMILES string of the molecule is CCCCS(=O)(=O)N[C@@H](Cc1ccc(OCCCCc2ccncc2)cc1)C(=O)O.Cl. The molecule has 2 N–H and O–H groups in total. The van der Waals surface area contributed by atoms with Crippen LogP contribution in [0.3, 0.4) is 0 Å². The third-order valence-corrected chi connectivity index (χ3v) is 6.10. The highest BCUT2D eigenvalue weighted by Crippen LogP contribution is 2.15. The smallest absolute Gasteiger partial charge is 0.322 e. The van der Waals surface area contributed by atoms with Crippen LogP contribution in [0.4, 0.5) is 0 Å². The summed E-state index contributed by atoms with van der Waals surface area (Å²) in [6, 6.07) is 9.92. The maximum atomic E-state index is 12.0. The third-order valence-electron chi connectivity index (χ3n) is 4.63.